The van der Waals surface area contributed by atoms with Gasteiger partial charge in [-0.15, -0.1) is 11.8 Å². The Hall–Kier alpha value is -2.54. The molecule has 0 bridgehead atoms. The number of hydrogen-bond acceptors (Lipinski definition) is 4. The molecule has 0 N–H and O–H groups in total. The van der Waals surface area contributed by atoms with E-state index in [0.717, 1.165) is 6.07 Å². The van der Waals surface area contributed by atoms with Crippen LogP contribution in [0.25, 0.3) is 5.65 Å². The molecule has 0 amide bonds. The van der Waals surface area contributed by atoms with Crippen molar-refractivity contribution in [2.24, 2.45) is 0 Å². The summed E-state index contributed by atoms with van der Waals surface area (Å²) in [7, 11) is 0. The van der Waals surface area contributed by atoms with Gasteiger partial charge >= 0.3 is 0 Å². The van der Waals surface area contributed by atoms with E-state index in [-0.39, 0.29) is 23.3 Å². The first-order chi connectivity index (χ1) is 12.4. The number of rotatable bonds is 6. The van der Waals surface area contributed by atoms with E-state index in [4.69, 9.17) is 0 Å². The molecule has 26 heavy (non-hydrogen) atoms. The second kappa shape index (κ2) is 7.78. The molecule has 0 radical (unpaired) electrons. The lowest BCUT2D eigenvalue weighted by molar-refractivity contribution is -0.116. The molecule has 134 valence electrons. The molecule has 1 aromatic carbocycles. The van der Waals surface area contributed by atoms with Gasteiger partial charge in [0.05, 0.1) is 10.9 Å². The number of carbonyl (C=O) groups excluding carboxylic acids is 1. The summed E-state index contributed by atoms with van der Waals surface area (Å²) in [5.41, 5.74) is 1.16. The number of Topliss-reactive ketones (excluding diaryl/α,β-unsaturated/α-hetero) is 1. The van der Waals surface area contributed by atoms with Crippen LogP contribution >= 0.6 is 11.8 Å². The molecular weight excluding hydrogens is 358 g/mol. The maximum Gasteiger partial charge on any atom is 0.258 e. The summed E-state index contributed by atoms with van der Waals surface area (Å²) in [6.45, 7) is 1.43. The molecule has 0 saturated carbocycles. The third kappa shape index (κ3) is 4.16. The zero-order valence-electron chi connectivity index (χ0n) is 14.0. The van der Waals surface area contributed by atoms with Gasteiger partial charge in [0.2, 0.25) is 0 Å². The van der Waals surface area contributed by atoms with Crippen molar-refractivity contribution in [1.82, 2.24) is 9.38 Å². The first-order valence-corrected chi connectivity index (χ1v) is 9.02. The molecule has 0 spiro atoms. The summed E-state index contributed by atoms with van der Waals surface area (Å²) in [5.74, 6) is -1.09. The number of halogens is 2. The van der Waals surface area contributed by atoms with Crippen molar-refractivity contribution in [1.29, 1.82) is 0 Å². The molecule has 0 saturated heterocycles. The number of carbonyl (C=O) groups is 1. The molecule has 0 aliphatic heterocycles. The quantitative estimate of drug-likeness (QED) is 0.664. The Morgan fingerprint density at radius 2 is 2.04 bits per heavy atom. The molecule has 0 fully saturated rings. The summed E-state index contributed by atoms with van der Waals surface area (Å²) in [5, 5.41) is -0.508. The van der Waals surface area contributed by atoms with Crippen LogP contribution in [0.5, 0.6) is 0 Å². The predicted molar refractivity (Wildman–Crippen MR) is 97.3 cm³/mol. The van der Waals surface area contributed by atoms with Gasteiger partial charge in [0.25, 0.3) is 5.56 Å². The lowest BCUT2D eigenvalue weighted by Gasteiger charge is -2.14. The topological polar surface area (TPSA) is 51.4 Å². The number of aromatic nitrogens is 2. The minimum absolute atomic E-state index is 0.115. The summed E-state index contributed by atoms with van der Waals surface area (Å²) in [4.78, 5) is 28.4. The maximum atomic E-state index is 13.8. The predicted octanol–water partition coefficient (Wildman–Crippen LogP) is 3.41. The van der Waals surface area contributed by atoms with Crippen molar-refractivity contribution in [2.45, 2.75) is 24.3 Å². The van der Waals surface area contributed by atoms with Crippen LogP contribution < -0.4 is 5.56 Å². The summed E-state index contributed by atoms with van der Waals surface area (Å²) in [6, 6.07) is 10.0. The fourth-order valence-corrected chi connectivity index (χ4v) is 3.62. The van der Waals surface area contributed by atoms with E-state index in [2.05, 4.69) is 4.98 Å². The lowest BCUT2D eigenvalue weighted by Crippen LogP contribution is -2.19. The van der Waals surface area contributed by atoms with Crippen molar-refractivity contribution in [3.63, 3.8) is 0 Å². The van der Waals surface area contributed by atoms with Gasteiger partial charge < -0.3 is 0 Å². The molecule has 3 aromatic rings. The van der Waals surface area contributed by atoms with E-state index >= 15 is 0 Å². The van der Waals surface area contributed by atoms with Crippen molar-refractivity contribution in [2.75, 3.05) is 0 Å². The van der Waals surface area contributed by atoms with Crippen molar-refractivity contribution < 1.29 is 13.6 Å². The van der Waals surface area contributed by atoms with E-state index in [0.29, 0.717) is 17.1 Å². The summed E-state index contributed by atoms with van der Waals surface area (Å²) < 4.78 is 28.3. The number of hydrogen-bond donors (Lipinski definition) is 0. The SMILES string of the molecule is CC(=O)C(Cc1ccc(F)cc1F)SCc1cc(=O)n2ccccc2n1. The molecule has 3 rings (SSSR count). The van der Waals surface area contributed by atoms with Crippen molar-refractivity contribution >= 4 is 23.2 Å². The smallest absolute Gasteiger partial charge is 0.258 e. The van der Waals surface area contributed by atoms with Crippen LogP contribution in [0, 0.1) is 11.6 Å². The largest absolute Gasteiger partial charge is 0.299 e. The Bertz CT molecular complexity index is 1020. The zero-order valence-corrected chi connectivity index (χ0v) is 14.8. The van der Waals surface area contributed by atoms with E-state index in [1.54, 1.807) is 24.4 Å². The normalized spacial score (nSPS) is 12.3. The van der Waals surface area contributed by atoms with Gasteiger partial charge in [0.1, 0.15) is 23.1 Å². The van der Waals surface area contributed by atoms with Crippen LogP contribution in [0.3, 0.4) is 0 Å². The fourth-order valence-electron chi connectivity index (χ4n) is 2.57. The summed E-state index contributed by atoms with van der Waals surface area (Å²) >= 11 is 1.29. The molecule has 2 aromatic heterocycles. The third-order valence-electron chi connectivity index (χ3n) is 3.93. The highest BCUT2D eigenvalue weighted by atomic mass is 32.2. The Kier molecular flexibility index (Phi) is 5.46. The maximum absolute atomic E-state index is 13.8. The highest BCUT2D eigenvalue weighted by Gasteiger charge is 2.18. The molecule has 1 unspecified atom stereocenters. The van der Waals surface area contributed by atoms with Gasteiger partial charge in [-0.2, -0.15) is 0 Å². The van der Waals surface area contributed by atoms with Gasteiger partial charge in [0.15, 0.2) is 0 Å². The number of pyridine rings is 1. The second-order valence-corrected chi connectivity index (χ2v) is 7.06. The molecular formula is C19H16F2N2O2S. The highest BCUT2D eigenvalue weighted by molar-refractivity contribution is 7.99. The molecule has 7 heteroatoms. The minimum Gasteiger partial charge on any atom is -0.299 e. The molecule has 1 atom stereocenters. The number of thioether (sulfide) groups is 1. The lowest BCUT2D eigenvalue weighted by atomic mass is 10.1. The molecule has 0 aliphatic carbocycles. The Morgan fingerprint density at radius 1 is 1.23 bits per heavy atom. The molecule has 0 aliphatic rings. The first kappa shape index (κ1) is 18.3. The average Bonchev–Trinajstić information content (AvgIpc) is 2.60. The average molecular weight is 374 g/mol. The Morgan fingerprint density at radius 3 is 2.77 bits per heavy atom. The van der Waals surface area contributed by atoms with E-state index < -0.39 is 16.9 Å². The van der Waals surface area contributed by atoms with Crippen LogP contribution in [0.4, 0.5) is 8.78 Å². The van der Waals surface area contributed by atoms with Gasteiger partial charge in [-0.3, -0.25) is 14.0 Å². The van der Waals surface area contributed by atoms with E-state index in [9.17, 15) is 18.4 Å². The number of nitrogens with zero attached hydrogens (tertiary/aromatic N) is 2. The highest BCUT2D eigenvalue weighted by Crippen LogP contribution is 2.23. The third-order valence-corrected chi connectivity index (χ3v) is 5.29. The minimum atomic E-state index is -0.668. The van der Waals surface area contributed by atoms with Gasteiger partial charge in [-0.25, -0.2) is 13.8 Å². The van der Waals surface area contributed by atoms with Crippen LogP contribution in [-0.2, 0) is 17.0 Å². The standard InChI is InChI=1S/C19H16F2N2O2S/c1-12(24)17(8-13-5-6-14(20)9-16(13)21)26-11-15-10-19(25)23-7-3-2-4-18(23)22-15/h2-7,9-10,17H,8,11H2,1H3. The van der Waals surface area contributed by atoms with E-state index in [1.807, 2.05) is 0 Å². The number of fused-ring (bicyclic) bond motifs is 1. The van der Waals surface area contributed by atoms with Crippen LogP contribution in [-0.4, -0.2) is 20.4 Å². The Labute approximate surface area is 152 Å². The van der Waals surface area contributed by atoms with Gasteiger partial charge in [-0.05, 0) is 37.1 Å². The van der Waals surface area contributed by atoms with Crippen LogP contribution in [0.15, 0.2) is 53.5 Å². The van der Waals surface area contributed by atoms with E-state index in [1.165, 1.54) is 41.3 Å². The molecule has 4 nitrogen and oxygen atoms in total. The van der Waals surface area contributed by atoms with Gasteiger partial charge in [-0.1, -0.05) is 12.1 Å². The van der Waals surface area contributed by atoms with Gasteiger partial charge in [0, 0.05) is 24.1 Å². The number of benzene rings is 1. The van der Waals surface area contributed by atoms with Crippen LogP contribution in [0.2, 0.25) is 0 Å². The van der Waals surface area contributed by atoms with Crippen molar-refractivity contribution in [3.8, 4) is 0 Å². The first-order valence-electron chi connectivity index (χ1n) is 7.97. The second-order valence-electron chi connectivity index (χ2n) is 5.86. The fraction of sp³-hybridized carbons (Fsp3) is 0.211. The number of ketones is 1. The van der Waals surface area contributed by atoms with Crippen LogP contribution in [0.1, 0.15) is 18.2 Å². The zero-order chi connectivity index (χ0) is 18.7. The van der Waals surface area contributed by atoms with Crippen molar-refractivity contribution in [3.05, 3.63) is 81.9 Å². The molecule has 2 heterocycles. The Balaban J connectivity index is 1.77. The summed E-state index contributed by atoms with van der Waals surface area (Å²) in [6.07, 6.45) is 1.79. The monoisotopic (exact) mass is 374 g/mol.